The third kappa shape index (κ3) is 3.31. The minimum atomic E-state index is -2.17. The molecule has 0 radical (unpaired) electrons. The van der Waals surface area contributed by atoms with Gasteiger partial charge in [-0.15, -0.1) is 0 Å². The summed E-state index contributed by atoms with van der Waals surface area (Å²) < 4.78 is 22.1. The van der Waals surface area contributed by atoms with Gasteiger partial charge in [-0.1, -0.05) is 0 Å². The quantitative estimate of drug-likeness (QED) is 0.490. The number of ether oxygens (including phenoxy) is 4. The van der Waals surface area contributed by atoms with Crippen molar-refractivity contribution in [3.63, 3.8) is 0 Å². The van der Waals surface area contributed by atoms with E-state index in [1.165, 1.54) is 14.2 Å². The van der Waals surface area contributed by atoms with Gasteiger partial charge in [0.05, 0.1) is 18.2 Å². The van der Waals surface area contributed by atoms with Gasteiger partial charge in [0.2, 0.25) is 11.6 Å². The van der Waals surface area contributed by atoms with Crippen LogP contribution in [0.5, 0.6) is 0 Å². The molecule has 22 heavy (non-hydrogen) atoms. The molecule has 6 atom stereocenters. The Morgan fingerprint density at radius 3 is 2.14 bits per heavy atom. The fourth-order valence-corrected chi connectivity index (χ4v) is 2.90. The van der Waals surface area contributed by atoms with Crippen LogP contribution in [0.15, 0.2) is 0 Å². The minimum Gasteiger partial charge on any atom is -0.547 e. The van der Waals surface area contributed by atoms with Gasteiger partial charge in [-0.3, -0.25) is 0 Å². The largest absolute Gasteiger partial charge is 1.00 e. The monoisotopic (exact) mass is 344 g/mol. The van der Waals surface area contributed by atoms with E-state index in [1.54, 1.807) is 13.8 Å². The molecular formula is C13H21KO8. The normalized spacial score (nSPS) is 48.2. The number of aliphatic carboxylic acids is 1. The molecule has 1 heterocycles. The second-order valence-electron chi connectivity index (χ2n) is 5.83. The molecule has 1 aliphatic heterocycles. The second kappa shape index (κ2) is 7.01. The van der Waals surface area contributed by atoms with Crippen molar-refractivity contribution in [3.8, 4) is 0 Å². The van der Waals surface area contributed by atoms with Crippen LogP contribution >= 0.6 is 0 Å². The van der Waals surface area contributed by atoms with E-state index in [2.05, 4.69) is 0 Å². The van der Waals surface area contributed by atoms with Crippen LogP contribution in [-0.2, 0) is 23.7 Å². The number of carbonyl (C=O) groups is 1. The topological polar surface area (TPSA) is 118 Å². The maximum atomic E-state index is 11.1. The van der Waals surface area contributed by atoms with Crippen molar-refractivity contribution < 1.29 is 90.4 Å². The maximum absolute atomic E-state index is 11.1. The molecule has 1 saturated carbocycles. The molecule has 1 saturated heterocycles. The van der Waals surface area contributed by atoms with Crippen molar-refractivity contribution in [2.24, 2.45) is 0 Å². The van der Waals surface area contributed by atoms with Crippen LogP contribution in [0.4, 0.5) is 0 Å². The maximum Gasteiger partial charge on any atom is 1.00 e. The van der Waals surface area contributed by atoms with E-state index in [1.807, 2.05) is 0 Å². The summed E-state index contributed by atoms with van der Waals surface area (Å²) >= 11 is 0. The molecule has 0 unspecified atom stereocenters. The van der Waals surface area contributed by atoms with Gasteiger partial charge in [-0.05, 0) is 13.8 Å². The zero-order valence-electron chi connectivity index (χ0n) is 13.5. The molecule has 2 aliphatic rings. The van der Waals surface area contributed by atoms with Crippen molar-refractivity contribution in [2.45, 2.75) is 62.2 Å². The number of carboxylic acids is 1. The molecule has 0 aromatic carbocycles. The number of aliphatic hydroxyl groups excluding tert-OH is 1. The predicted octanol–water partition coefficient (Wildman–Crippen LogP) is -4.86. The van der Waals surface area contributed by atoms with Crippen molar-refractivity contribution in [3.05, 3.63) is 0 Å². The fourth-order valence-electron chi connectivity index (χ4n) is 2.90. The summed E-state index contributed by atoms with van der Waals surface area (Å²) in [6.07, 6.45) is -3.61. The summed E-state index contributed by atoms with van der Waals surface area (Å²) in [6.45, 7) is 3.17. The van der Waals surface area contributed by atoms with Gasteiger partial charge < -0.3 is 39.1 Å². The van der Waals surface area contributed by atoms with Gasteiger partial charge in [0, 0.05) is 27.1 Å². The number of carbonyl (C=O) groups excluding carboxylic acids is 1. The third-order valence-electron chi connectivity index (χ3n) is 4.55. The summed E-state index contributed by atoms with van der Waals surface area (Å²) in [6, 6.07) is 0. The predicted molar refractivity (Wildman–Crippen MR) is 65.8 cm³/mol. The van der Waals surface area contributed by atoms with Gasteiger partial charge >= 0.3 is 51.4 Å². The molecule has 0 aromatic rings. The number of carboxylic acid groups (broad SMARTS) is 1. The zero-order chi connectivity index (χ0) is 16.1. The Labute approximate surface area is 171 Å². The summed E-state index contributed by atoms with van der Waals surface area (Å²) in [5.41, 5.74) is -2.17. The van der Waals surface area contributed by atoms with E-state index in [9.17, 15) is 20.1 Å². The molecule has 0 aromatic heterocycles. The molecule has 0 spiro atoms. The summed E-state index contributed by atoms with van der Waals surface area (Å²) in [4.78, 5) is 11.1. The Hall–Kier alpha value is 0.866. The molecule has 0 amide bonds. The van der Waals surface area contributed by atoms with Crippen molar-refractivity contribution in [1.82, 2.24) is 0 Å². The van der Waals surface area contributed by atoms with Crippen LogP contribution in [-0.4, -0.2) is 65.9 Å². The first kappa shape index (κ1) is 20.9. The Morgan fingerprint density at radius 1 is 1.18 bits per heavy atom. The average molecular weight is 344 g/mol. The van der Waals surface area contributed by atoms with Crippen LogP contribution in [0.1, 0.15) is 26.7 Å². The number of methoxy groups -OCH3 is 2. The van der Waals surface area contributed by atoms with Crippen molar-refractivity contribution in [2.75, 3.05) is 14.2 Å². The van der Waals surface area contributed by atoms with E-state index in [0.717, 1.165) is 0 Å². The summed E-state index contributed by atoms with van der Waals surface area (Å²) in [5, 5.41) is 31.3. The summed E-state index contributed by atoms with van der Waals surface area (Å²) in [5.74, 6) is -4.27. The van der Waals surface area contributed by atoms with E-state index in [4.69, 9.17) is 18.9 Å². The first-order valence-electron chi connectivity index (χ1n) is 6.68. The second-order valence-corrected chi connectivity index (χ2v) is 5.83. The molecule has 2 rings (SSSR count). The Balaban J connectivity index is 0.00000242. The number of hydrogen-bond acceptors (Lipinski definition) is 8. The van der Waals surface area contributed by atoms with E-state index in [0.29, 0.717) is 0 Å². The average Bonchev–Trinajstić information content (AvgIpc) is 2.41. The van der Waals surface area contributed by atoms with Crippen LogP contribution < -0.4 is 56.5 Å². The molecule has 8 nitrogen and oxygen atoms in total. The van der Waals surface area contributed by atoms with E-state index < -0.39 is 47.9 Å². The van der Waals surface area contributed by atoms with Gasteiger partial charge in [-0.2, -0.15) is 0 Å². The van der Waals surface area contributed by atoms with Gasteiger partial charge in [-0.25, -0.2) is 0 Å². The van der Waals surface area contributed by atoms with E-state index >= 15 is 0 Å². The van der Waals surface area contributed by atoms with Crippen LogP contribution in [0, 0.1) is 0 Å². The molecule has 1 aliphatic carbocycles. The molecular weight excluding hydrogens is 323 g/mol. The smallest absolute Gasteiger partial charge is 0.547 e. The molecule has 2 fully saturated rings. The number of hydrogen-bond donors (Lipinski definition) is 2. The van der Waals surface area contributed by atoms with Gasteiger partial charge in [0.1, 0.15) is 11.7 Å². The Morgan fingerprint density at radius 2 is 1.68 bits per heavy atom. The first-order chi connectivity index (χ1) is 9.61. The van der Waals surface area contributed by atoms with Gasteiger partial charge in [0.15, 0.2) is 0 Å². The first-order valence-corrected chi connectivity index (χ1v) is 6.68. The Bertz CT molecular complexity index is 434. The number of aliphatic hydroxyl groups is 2. The zero-order valence-corrected chi connectivity index (χ0v) is 16.6. The van der Waals surface area contributed by atoms with Crippen molar-refractivity contribution in [1.29, 1.82) is 0 Å². The Kier molecular flexibility index (Phi) is 6.66. The van der Waals surface area contributed by atoms with E-state index in [-0.39, 0.29) is 57.8 Å². The number of fused-ring (bicyclic) bond motifs is 1. The fraction of sp³-hybridized carbons (Fsp3) is 0.923. The standard InChI is InChI=1S/C13H22O8.K/c1-11(18-3)12(2,19-4)21-9-7(14)5-13(17,10(15)16)6-8(9)20-11;/h7-9,14,17H,5-6H2,1-4H3,(H,15,16);/q;+1/p-1/t7-,8-,9-,11+,12+,13+;/m1./s1. The number of rotatable bonds is 3. The van der Waals surface area contributed by atoms with Crippen LogP contribution in [0.3, 0.4) is 0 Å². The van der Waals surface area contributed by atoms with Crippen molar-refractivity contribution >= 4 is 5.97 Å². The molecule has 9 heteroatoms. The van der Waals surface area contributed by atoms with Gasteiger partial charge in [0.25, 0.3) is 0 Å². The third-order valence-corrected chi connectivity index (χ3v) is 4.55. The van der Waals surface area contributed by atoms with Crippen LogP contribution in [0.2, 0.25) is 0 Å². The SMILES string of the molecule is CO[C@@]1(C)O[C@@H]2[C@H](O)C[C@@](O)(C(=O)[O-])C[C@H]2O[C@]1(C)OC.[K+]. The molecule has 0 bridgehead atoms. The van der Waals surface area contributed by atoms with Crippen LogP contribution in [0.25, 0.3) is 0 Å². The summed E-state index contributed by atoms with van der Waals surface area (Å²) in [7, 11) is 2.80. The molecule has 122 valence electrons. The molecule has 2 N–H and O–H groups in total. The minimum absolute atomic E-state index is 0.